The van der Waals surface area contributed by atoms with Gasteiger partial charge in [-0.3, -0.25) is 4.79 Å². The molecule has 1 amide bonds. The monoisotopic (exact) mass is 490 g/mol. The van der Waals surface area contributed by atoms with Crippen LogP contribution in [-0.2, 0) is 9.53 Å². The van der Waals surface area contributed by atoms with Crippen molar-refractivity contribution in [1.82, 2.24) is 20.6 Å². The number of imidazole rings is 1. The van der Waals surface area contributed by atoms with E-state index in [1.54, 1.807) is 0 Å². The van der Waals surface area contributed by atoms with Crippen LogP contribution in [0, 0.1) is 0 Å². The number of hydrogen-bond donors (Lipinski definition) is 3. The maximum absolute atomic E-state index is 12.9. The van der Waals surface area contributed by atoms with Gasteiger partial charge in [0.05, 0.1) is 17.1 Å². The topological polar surface area (TPSA) is 115 Å². The van der Waals surface area contributed by atoms with Crippen molar-refractivity contribution in [1.29, 1.82) is 0 Å². The molecule has 3 N–H and O–H groups in total. The van der Waals surface area contributed by atoms with Crippen molar-refractivity contribution in [3.8, 4) is 11.5 Å². The number of H-pyrrole nitrogens is 1. The molecule has 0 saturated carbocycles. The van der Waals surface area contributed by atoms with Crippen LogP contribution >= 0.6 is 0 Å². The van der Waals surface area contributed by atoms with Gasteiger partial charge in [0.25, 0.3) is 12.2 Å². The molecule has 35 heavy (non-hydrogen) atoms. The van der Waals surface area contributed by atoms with E-state index < -0.39 is 25.0 Å². The average Bonchev–Trinajstić information content (AvgIpc) is 3.28. The van der Waals surface area contributed by atoms with Gasteiger partial charge in [-0.2, -0.15) is 13.2 Å². The number of aromatic nitrogens is 2. The third-order valence-corrected chi connectivity index (χ3v) is 5.79. The second-order valence-corrected chi connectivity index (χ2v) is 8.26. The van der Waals surface area contributed by atoms with Crippen molar-refractivity contribution in [3.63, 3.8) is 0 Å². The molecule has 2 aromatic carbocycles. The smallest absolute Gasteiger partial charge is 0.482 e. The molecule has 3 atom stereocenters. The number of carbonyl (C=O) groups is 2. The SMILES string of the molecule is O=C(NC1CCNC(c2nc3ccccc3[nH]2)C1)c1ccc2c(c1)OCC(OC(=O)C(F)(F)F)O2. The predicted octanol–water partition coefficient (Wildman–Crippen LogP) is 2.99. The first kappa shape index (κ1) is 23.0. The maximum atomic E-state index is 12.9. The summed E-state index contributed by atoms with van der Waals surface area (Å²) < 4.78 is 52.0. The average molecular weight is 490 g/mol. The molecular weight excluding hydrogens is 469 g/mol. The zero-order valence-corrected chi connectivity index (χ0v) is 18.2. The van der Waals surface area contributed by atoms with E-state index in [1.807, 2.05) is 24.3 Å². The Hall–Kier alpha value is -3.80. The number of piperidine rings is 1. The number of esters is 1. The van der Waals surface area contributed by atoms with Crippen molar-refractivity contribution >= 4 is 22.9 Å². The number of para-hydroxylation sites is 2. The van der Waals surface area contributed by atoms with Crippen LogP contribution in [-0.4, -0.2) is 53.5 Å². The third kappa shape index (κ3) is 5.02. The summed E-state index contributed by atoms with van der Waals surface area (Å²) in [6.45, 7) is 0.263. The Morgan fingerprint density at radius 2 is 1.97 bits per heavy atom. The molecule has 3 aromatic rings. The summed E-state index contributed by atoms with van der Waals surface area (Å²) in [4.78, 5) is 31.8. The molecule has 184 valence electrons. The molecule has 2 aliphatic rings. The van der Waals surface area contributed by atoms with E-state index >= 15 is 0 Å². The Morgan fingerprint density at radius 1 is 1.14 bits per heavy atom. The van der Waals surface area contributed by atoms with E-state index in [4.69, 9.17) is 9.47 Å². The number of halogens is 3. The number of aromatic amines is 1. The Bertz CT molecular complexity index is 1230. The molecule has 2 aliphatic heterocycles. The molecule has 0 spiro atoms. The minimum absolute atomic E-state index is 0.0435. The lowest BCUT2D eigenvalue weighted by Crippen LogP contribution is -2.44. The molecule has 1 aromatic heterocycles. The van der Waals surface area contributed by atoms with Crippen molar-refractivity contribution in [2.75, 3.05) is 13.2 Å². The highest BCUT2D eigenvalue weighted by Crippen LogP contribution is 2.33. The highest BCUT2D eigenvalue weighted by atomic mass is 19.4. The van der Waals surface area contributed by atoms with Gasteiger partial charge in [-0.05, 0) is 49.7 Å². The van der Waals surface area contributed by atoms with Gasteiger partial charge in [-0.25, -0.2) is 9.78 Å². The molecule has 1 saturated heterocycles. The van der Waals surface area contributed by atoms with Crippen molar-refractivity contribution in [2.24, 2.45) is 0 Å². The van der Waals surface area contributed by atoms with E-state index in [1.165, 1.54) is 18.2 Å². The Labute approximate surface area is 196 Å². The maximum Gasteiger partial charge on any atom is 0.491 e. The van der Waals surface area contributed by atoms with Crippen molar-refractivity contribution < 1.29 is 37.0 Å². The summed E-state index contributed by atoms with van der Waals surface area (Å²) in [5.74, 6) is -1.64. The lowest BCUT2D eigenvalue weighted by Gasteiger charge is -2.30. The van der Waals surface area contributed by atoms with E-state index in [9.17, 15) is 22.8 Å². The van der Waals surface area contributed by atoms with Gasteiger partial charge >= 0.3 is 12.1 Å². The lowest BCUT2D eigenvalue weighted by atomic mass is 9.98. The molecule has 1 fully saturated rings. The second-order valence-electron chi connectivity index (χ2n) is 8.26. The molecule has 12 heteroatoms. The van der Waals surface area contributed by atoms with Crippen molar-refractivity contribution in [2.45, 2.75) is 37.4 Å². The minimum Gasteiger partial charge on any atom is -0.482 e. The lowest BCUT2D eigenvalue weighted by molar-refractivity contribution is -0.220. The number of alkyl halides is 3. The number of hydrogen-bond acceptors (Lipinski definition) is 7. The molecule has 0 aliphatic carbocycles. The Morgan fingerprint density at radius 3 is 2.77 bits per heavy atom. The summed E-state index contributed by atoms with van der Waals surface area (Å²) in [6, 6.07) is 11.9. The fourth-order valence-corrected chi connectivity index (χ4v) is 4.10. The highest BCUT2D eigenvalue weighted by Gasteiger charge is 2.43. The third-order valence-electron chi connectivity index (χ3n) is 5.79. The first-order valence-corrected chi connectivity index (χ1v) is 11.0. The van der Waals surface area contributed by atoms with Gasteiger partial charge in [0.2, 0.25) is 0 Å². The van der Waals surface area contributed by atoms with Gasteiger partial charge in [-0.15, -0.1) is 0 Å². The van der Waals surface area contributed by atoms with Gasteiger partial charge in [0, 0.05) is 11.6 Å². The molecule has 5 rings (SSSR count). The van der Waals surface area contributed by atoms with Gasteiger partial charge in [0.1, 0.15) is 5.82 Å². The van der Waals surface area contributed by atoms with Gasteiger partial charge in [-0.1, -0.05) is 12.1 Å². The number of rotatable bonds is 4. The van der Waals surface area contributed by atoms with E-state index in [0.717, 1.165) is 23.3 Å². The largest absolute Gasteiger partial charge is 0.491 e. The van der Waals surface area contributed by atoms with Crippen LogP contribution in [0.4, 0.5) is 13.2 Å². The first-order chi connectivity index (χ1) is 16.8. The number of nitrogens with zero attached hydrogens (tertiary/aromatic N) is 1. The standard InChI is InChI=1S/C23H21F3N4O5/c24-23(25,26)22(32)35-19-11-33-18-9-12(5-6-17(18)34-19)21(31)28-13-7-8-27-16(10-13)20-29-14-3-1-2-4-15(14)30-20/h1-6,9,13,16,19,27H,7-8,10-11H2,(H,28,31)(H,29,30). The zero-order valence-electron chi connectivity index (χ0n) is 18.2. The molecule has 0 bridgehead atoms. The van der Waals surface area contributed by atoms with Crippen LogP contribution < -0.4 is 20.1 Å². The van der Waals surface area contributed by atoms with E-state index in [-0.39, 0.29) is 29.5 Å². The van der Waals surface area contributed by atoms with Gasteiger partial charge < -0.3 is 29.8 Å². The number of ether oxygens (including phenoxy) is 3. The van der Waals surface area contributed by atoms with Crippen LogP contribution in [0.15, 0.2) is 42.5 Å². The predicted molar refractivity (Wildman–Crippen MR) is 116 cm³/mol. The fraction of sp³-hybridized carbons (Fsp3) is 0.348. The summed E-state index contributed by atoms with van der Waals surface area (Å²) >= 11 is 0. The molecule has 3 unspecified atom stereocenters. The number of fused-ring (bicyclic) bond motifs is 2. The van der Waals surface area contributed by atoms with Gasteiger partial charge in [0.15, 0.2) is 18.1 Å². The quantitative estimate of drug-likeness (QED) is 0.482. The Balaban J connectivity index is 1.20. The molecule has 9 nitrogen and oxygen atoms in total. The van der Waals surface area contributed by atoms with Crippen molar-refractivity contribution in [3.05, 3.63) is 53.9 Å². The summed E-state index contributed by atoms with van der Waals surface area (Å²) in [5, 5.41) is 6.43. The summed E-state index contributed by atoms with van der Waals surface area (Å²) in [6.07, 6.45) is -5.30. The first-order valence-electron chi connectivity index (χ1n) is 11.0. The minimum atomic E-state index is -5.14. The van der Waals surface area contributed by atoms with Crippen LogP contribution in [0.5, 0.6) is 11.5 Å². The summed E-state index contributed by atoms with van der Waals surface area (Å²) in [7, 11) is 0. The highest BCUT2D eigenvalue weighted by molar-refractivity contribution is 5.95. The number of amides is 1. The number of nitrogens with one attached hydrogen (secondary N) is 3. The van der Waals surface area contributed by atoms with E-state index in [0.29, 0.717) is 18.5 Å². The van der Waals surface area contributed by atoms with Crippen LogP contribution in [0.1, 0.15) is 35.1 Å². The van der Waals surface area contributed by atoms with Crippen LogP contribution in [0.25, 0.3) is 11.0 Å². The Kier molecular flexibility index (Phi) is 5.97. The van der Waals surface area contributed by atoms with E-state index in [2.05, 4.69) is 25.3 Å². The fourth-order valence-electron chi connectivity index (χ4n) is 4.10. The molecule has 0 radical (unpaired) electrons. The second kappa shape index (κ2) is 9.10. The zero-order chi connectivity index (χ0) is 24.6. The molecule has 3 heterocycles. The molecular formula is C23H21F3N4O5. The number of benzene rings is 2. The normalized spacial score (nSPS) is 22.0. The van der Waals surface area contributed by atoms with Crippen LogP contribution in [0.2, 0.25) is 0 Å². The summed E-state index contributed by atoms with van der Waals surface area (Å²) in [5.41, 5.74) is 2.13. The number of carbonyl (C=O) groups excluding carboxylic acids is 2. The van der Waals surface area contributed by atoms with Crippen LogP contribution in [0.3, 0.4) is 0 Å².